The Balaban J connectivity index is 0.000000125. The van der Waals surface area contributed by atoms with E-state index >= 15 is 0 Å². The molecule has 0 radical (unpaired) electrons. The van der Waals surface area contributed by atoms with Crippen LogP contribution in [0.5, 0.6) is 0 Å². The minimum Gasteiger partial charge on any atom is -0.0584 e. The van der Waals surface area contributed by atoms with E-state index in [1.54, 1.807) is 0 Å². The van der Waals surface area contributed by atoms with Crippen LogP contribution < -0.4 is 0 Å². The second-order valence-corrected chi connectivity index (χ2v) is 27.3. The Kier molecular flexibility index (Phi) is 15.8. The molecule has 14 rings (SSSR count). The van der Waals surface area contributed by atoms with Gasteiger partial charge in [0.1, 0.15) is 0 Å². The lowest BCUT2D eigenvalue weighted by molar-refractivity contribution is 1.34. The first-order chi connectivity index (χ1) is 41.5. The Morgan fingerprint density at radius 3 is 0.523 bits per heavy atom. The summed E-state index contributed by atoms with van der Waals surface area (Å²) in [6, 6.07) is 36.7. The SMILES string of the molecule is Cc1cc2cc(C)c(C)c3c4c(C)c(C)cc5cc(C)c(C)c(c(c1C)c23)c54.Cc1ccc(C)c2c(C)ccc(C)c12.Cc1ccc2c(C)c(C)c3c4c(C)c(C)ccc4c(C)c(C)c3c2c1C.Cc1ccc2c(C)c(C)c3ccc(C)c(C)c3c2c1C. The summed E-state index contributed by atoms with van der Waals surface area (Å²) >= 11 is 0. The van der Waals surface area contributed by atoms with E-state index in [1.807, 2.05) is 0 Å². The lowest BCUT2D eigenvalue weighted by Crippen LogP contribution is -1.99. The zero-order valence-electron chi connectivity index (χ0n) is 58.2. The molecule has 0 aliphatic heterocycles. The molecule has 88 heavy (non-hydrogen) atoms. The maximum Gasteiger partial charge on any atom is -0.00204 e. The van der Waals surface area contributed by atoms with Gasteiger partial charge in [-0.05, 0) is 432 Å². The maximum atomic E-state index is 2.39. The van der Waals surface area contributed by atoms with Gasteiger partial charge in [-0.1, -0.05) is 97.1 Å². The average molecular weight is 1150 g/mol. The largest absolute Gasteiger partial charge is 0.0584 e. The molecular weight excluding hydrogens is 1060 g/mol. The van der Waals surface area contributed by atoms with E-state index in [0.29, 0.717) is 0 Å². The van der Waals surface area contributed by atoms with Crippen LogP contribution in [0.3, 0.4) is 0 Å². The first-order valence-corrected chi connectivity index (χ1v) is 32.3. The fourth-order valence-electron chi connectivity index (χ4n) is 15.6. The highest BCUT2D eigenvalue weighted by atomic mass is 14.3. The van der Waals surface area contributed by atoms with Crippen LogP contribution in [0.15, 0.2) is 97.1 Å². The Hall–Kier alpha value is -8.06. The quantitative estimate of drug-likeness (QED) is 0.105. The van der Waals surface area contributed by atoms with E-state index in [9.17, 15) is 0 Å². The van der Waals surface area contributed by atoms with Gasteiger partial charge in [-0.2, -0.15) is 0 Å². The number of rotatable bonds is 0. The van der Waals surface area contributed by atoms with E-state index in [1.165, 1.54) is 252 Å². The molecule has 0 saturated heterocycles. The Morgan fingerprint density at radius 2 is 0.295 bits per heavy atom. The minimum atomic E-state index is 1.38. The Labute approximate surface area is 526 Å². The number of fused-ring (bicyclic) bond motifs is 11. The molecule has 0 saturated carbocycles. The lowest BCUT2D eigenvalue weighted by Gasteiger charge is -2.24. The molecular formula is C88H94. The smallest absolute Gasteiger partial charge is 0.00204 e. The van der Waals surface area contributed by atoms with Crippen molar-refractivity contribution in [2.24, 2.45) is 0 Å². The third-order valence-corrected chi connectivity index (χ3v) is 22.4. The topological polar surface area (TPSA) is 0 Å². The van der Waals surface area contributed by atoms with Crippen LogP contribution in [-0.2, 0) is 0 Å². The predicted octanol–water partition coefficient (Wildman–Crippen LogP) is 25.7. The van der Waals surface area contributed by atoms with Gasteiger partial charge in [-0.15, -0.1) is 0 Å². The Bertz CT molecular complexity index is 4860. The van der Waals surface area contributed by atoms with Gasteiger partial charge in [-0.3, -0.25) is 0 Å². The third-order valence-electron chi connectivity index (χ3n) is 22.4. The van der Waals surface area contributed by atoms with Crippen molar-refractivity contribution in [1.29, 1.82) is 0 Å². The molecule has 0 aliphatic rings. The molecule has 0 amide bonds. The molecule has 14 aromatic rings. The maximum absolute atomic E-state index is 2.39. The molecule has 0 N–H and O–H groups in total. The normalized spacial score (nSPS) is 11.8. The summed E-state index contributed by atoms with van der Waals surface area (Å²) in [6.07, 6.45) is 0. The van der Waals surface area contributed by atoms with E-state index in [2.05, 4.69) is 277 Å². The fourth-order valence-corrected chi connectivity index (χ4v) is 15.6. The summed E-state index contributed by atoms with van der Waals surface area (Å²) in [7, 11) is 0. The second-order valence-electron chi connectivity index (χ2n) is 27.3. The van der Waals surface area contributed by atoms with Crippen molar-refractivity contribution >= 4 is 108 Å². The van der Waals surface area contributed by atoms with Gasteiger partial charge in [0.05, 0.1) is 0 Å². The van der Waals surface area contributed by atoms with Crippen LogP contribution in [0.25, 0.3) is 108 Å². The van der Waals surface area contributed by atoms with E-state index < -0.39 is 0 Å². The van der Waals surface area contributed by atoms with E-state index in [0.717, 1.165) is 0 Å². The summed E-state index contributed by atoms with van der Waals surface area (Å²) in [5.41, 5.74) is 36.5. The van der Waals surface area contributed by atoms with Crippen molar-refractivity contribution in [2.45, 2.75) is 180 Å². The van der Waals surface area contributed by atoms with Crippen molar-refractivity contribution in [3.63, 3.8) is 0 Å². The highest BCUT2D eigenvalue weighted by Gasteiger charge is 2.24. The molecule has 0 unspecified atom stereocenters. The average Bonchev–Trinajstić information content (AvgIpc) is 0.712. The first-order valence-electron chi connectivity index (χ1n) is 32.3. The Morgan fingerprint density at radius 1 is 0.125 bits per heavy atom. The van der Waals surface area contributed by atoms with Crippen LogP contribution in [0, 0.1) is 180 Å². The van der Waals surface area contributed by atoms with Crippen molar-refractivity contribution in [3.8, 4) is 0 Å². The predicted molar refractivity (Wildman–Crippen MR) is 395 cm³/mol. The number of benzene rings is 14. The third kappa shape index (κ3) is 9.37. The van der Waals surface area contributed by atoms with Crippen LogP contribution in [0.1, 0.15) is 145 Å². The molecule has 0 aromatic heterocycles. The van der Waals surface area contributed by atoms with Gasteiger partial charge in [0.15, 0.2) is 0 Å². The molecule has 0 fully saturated rings. The number of aryl methyl sites for hydroxylation is 26. The number of hydrogen-bond donors (Lipinski definition) is 0. The molecule has 14 aromatic carbocycles. The molecule has 0 bridgehead atoms. The van der Waals surface area contributed by atoms with Crippen LogP contribution in [-0.4, -0.2) is 0 Å². The molecule has 446 valence electrons. The van der Waals surface area contributed by atoms with Gasteiger partial charge < -0.3 is 0 Å². The van der Waals surface area contributed by atoms with Gasteiger partial charge in [0, 0.05) is 0 Å². The van der Waals surface area contributed by atoms with Crippen molar-refractivity contribution in [2.75, 3.05) is 0 Å². The molecule has 0 heterocycles. The van der Waals surface area contributed by atoms with Gasteiger partial charge in [0.2, 0.25) is 0 Å². The van der Waals surface area contributed by atoms with Gasteiger partial charge >= 0.3 is 0 Å². The summed E-state index contributed by atoms with van der Waals surface area (Å²) in [4.78, 5) is 0. The molecule has 0 spiro atoms. The van der Waals surface area contributed by atoms with Crippen LogP contribution in [0.4, 0.5) is 0 Å². The summed E-state index contributed by atoms with van der Waals surface area (Å²) in [5, 5.41) is 28.8. The molecule has 0 aliphatic carbocycles. The van der Waals surface area contributed by atoms with Crippen LogP contribution in [0.2, 0.25) is 0 Å². The zero-order chi connectivity index (χ0) is 63.9. The summed E-state index contributed by atoms with van der Waals surface area (Å²) in [5.74, 6) is 0. The van der Waals surface area contributed by atoms with E-state index in [-0.39, 0.29) is 0 Å². The standard InChI is InChI=1S/C28H28.C26H28.C20H22.C14H16/c1-13-9-21-10-14(2)19(7)25-26-20(8)16(4)12-22-11-15(3)18(6)24(28(22)26)23(17(13)5)27(21)25;1-13-9-11-21-17(5)20(8)26-24-16(4)14(2)10-12-22(24)18(6)19(7)25(26)23(21)15(13)3;1-11-7-9-17-15(5)16(6)18-10-8-12(2)14(4)20(18)19(17)13(11)3;1-9-5-6-11(3)14-12(4)8-7-10(2)13(9)14/h9-12H,1-8H3;9-12H,1-8H3;7-10H,1-6H3;5-8H,1-4H3. The first kappa shape index (κ1) is 61.6. The monoisotopic (exact) mass is 1150 g/mol. The van der Waals surface area contributed by atoms with Gasteiger partial charge in [0.25, 0.3) is 0 Å². The zero-order valence-corrected chi connectivity index (χ0v) is 58.2. The molecule has 0 heteroatoms. The second kappa shape index (κ2) is 22.5. The summed E-state index contributed by atoms with van der Waals surface area (Å²) < 4.78 is 0. The van der Waals surface area contributed by atoms with Crippen molar-refractivity contribution < 1.29 is 0 Å². The van der Waals surface area contributed by atoms with Crippen molar-refractivity contribution in [1.82, 2.24) is 0 Å². The highest BCUT2D eigenvalue weighted by Crippen LogP contribution is 2.49. The molecule has 0 nitrogen and oxygen atoms in total. The lowest BCUT2D eigenvalue weighted by atomic mass is 9.80. The highest BCUT2D eigenvalue weighted by molar-refractivity contribution is 6.36. The molecule has 0 atom stereocenters. The summed E-state index contributed by atoms with van der Waals surface area (Å²) in [6.45, 7) is 58.7. The fraction of sp³-hybridized carbons (Fsp3) is 0.295. The minimum absolute atomic E-state index is 1.38. The van der Waals surface area contributed by atoms with Crippen LogP contribution >= 0.6 is 0 Å². The number of hydrogen-bond acceptors (Lipinski definition) is 0. The van der Waals surface area contributed by atoms with E-state index in [4.69, 9.17) is 0 Å². The van der Waals surface area contributed by atoms with Crippen molar-refractivity contribution in [3.05, 3.63) is 242 Å². The van der Waals surface area contributed by atoms with Gasteiger partial charge in [-0.25, -0.2) is 0 Å².